The van der Waals surface area contributed by atoms with Crippen molar-refractivity contribution < 1.29 is 0 Å². The molecular weight excluding hydrogens is 296 g/mol. The number of rotatable bonds is 0. The third kappa shape index (κ3) is 1.71. The number of aryl methyl sites for hydroxylation is 2. The first-order chi connectivity index (χ1) is 11.2. The van der Waals surface area contributed by atoms with Crippen LogP contribution in [-0.4, -0.2) is 0 Å². The molecule has 23 heavy (non-hydrogen) atoms. The highest BCUT2D eigenvalue weighted by Crippen LogP contribution is 2.41. The van der Waals surface area contributed by atoms with Crippen molar-refractivity contribution in [2.24, 2.45) is 0 Å². The molecule has 0 radical (unpaired) electrons. The topological polar surface area (TPSA) is 0 Å². The highest BCUT2D eigenvalue weighted by atomic mass is 32.1. The van der Waals surface area contributed by atoms with Crippen LogP contribution in [-0.2, 0) is 0 Å². The van der Waals surface area contributed by atoms with Crippen LogP contribution in [0.3, 0.4) is 0 Å². The maximum atomic E-state index is 2.30. The SMILES string of the molecule is Cc1ccc2c(sc3c2ccc2c4ccccc4ccc23)c1C. The molecule has 0 spiro atoms. The fraction of sp³-hybridized carbons (Fsp3) is 0.0909. The number of hydrogen-bond acceptors (Lipinski definition) is 1. The van der Waals surface area contributed by atoms with Crippen molar-refractivity contribution in [2.75, 3.05) is 0 Å². The van der Waals surface area contributed by atoms with Crippen molar-refractivity contribution in [3.05, 3.63) is 71.8 Å². The molecule has 0 aliphatic heterocycles. The zero-order chi connectivity index (χ0) is 15.6. The van der Waals surface area contributed by atoms with Crippen LogP contribution in [0.2, 0.25) is 0 Å². The third-order valence-corrected chi connectivity index (χ3v) is 6.42. The van der Waals surface area contributed by atoms with Crippen LogP contribution >= 0.6 is 11.3 Å². The van der Waals surface area contributed by atoms with Gasteiger partial charge in [-0.3, -0.25) is 0 Å². The Morgan fingerprint density at radius 3 is 2.13 bits per heavy atom. The van der Waals surface area contributed by atoms with Gasteiger partial charge < -0.3 is 0 Å². The quantitative estimate of drug-likeness (QED) is 0.271. The molecule has 4 aromatic carbocycles. The normalized spacial score (nSPS) is 11.9. The summed E-state index contributed by atoms with van der Waals surface area (Å²) in [6.45, 7) is 4.44. The molecule has 1 aromatic heterocycles. The molecule has 0 amide bonds. The van der Waals surface area contributed by atoms with Crippen LogP contribution < -0.4 is 0 Å². The van der Waals surface area contributed by atoms with Crippen LogP contribution in [0.25, 0.3) is 41.7 Å². The Balaban J connectivity index is 2.04. The summed E-state index contributed by atoms with van der Waals surface area (Å²) in [7, 11) is 0. The molecule has 0 bridgehead atoms. The molecule has 5 aromatic rings. The molecule has 0 atom stereocenters. The van der Waals surface area contributed by atoms with E-state index in [1.54, 1.807) is 0 Å². The van der Waals surface area contributed by atoms with E-state index in [0.29, 0.717) is 0 Å². The fourth-order valence-electron chi connectivity index (χ4n) is 3.62. The van der Waals surface area contributed by atoms with Crippen molar-refractivity contribution in [1.82, 2.24) is 0 Å². The van der Waals surface area contributed by atoms with Gasteiger partial charge in [0.1, 0.15) is 0 Å². The second-order valence-electron chi connectivity index (χ2n) is 6.31. The van der Waals surface area contributed by atoms with Gasteiger partial charge in [0.15, 0.2) is 0 Å². The molecule has 0 N–H and O–H groups in total. The maximum absolute atomic E-state index is 2.30. The average molecular weight is 312 g/mol. The molecule has 1 heteroatoms. The Labute approximate surface area is 139 Å². The van der Waals surface area contributed by atoms with E-state index >= 15 is 0 Å². The third-order valence-electron chi connectivity index (χ3n) is 5.05. The number of benzene rings is 4. The van der Waals surface area contributed by atoms with Crippen molar-refractivity contribution in [3.8, 4) is 0 Å². The summed E-state index contributed by atoms with van der Waals surface area (Å²) in [5.74, 6) is 0. The first-order valence-corrected chi connectivity index (χ1v) is 8.78. The van der Waals surface area contributed by atoms with Crippen molar-refractivity contribution in [2.45, 2.75) is 13.8 Å². The highest BCUT2D eigenvalue weighted by molar-refractivity contribution is 7.26. The second-order valence-corrected chi connectivity index (χ2v) is 7.33. The van der Waals surface area contributed by atoms with Crippen LogP contribution in [0, 0.1) is 13.8 Å². The van der Waals surface area contributed by atoms with E-state index in [4.69, 9.17) is 0 Å². The summed E-state index contributed by atoms with van der Waals surface area (Å²) >= 11 is 1.94. The van der Waals surface area contributed by atoms with E-state index in [9.17, 15) is 0 Å². The summed E-state index contributed by atoms with van der Waals surface area (Å²) in [6.07, 6.45) is 0. The zero-order valence-corrected chi connectivity index (χ0v) is 14.0. The van der Waals surface area contributed by atoms with E-state index in [1.165, 1.54) is 52.8 Å². The Kier molecular flexibility index (Phi) is 2.60. The number of hydrogen-bond donors (Lipinski definition) is 0. The minimum absolute atomic E-state index is 1.31. The van der Waals surface area contributed by atoms with Crippen LogP contribution in [0.15, 0.2) is 60.7 Å². The Morgan fingerprint density at radius 1 is 0.565 bits per heavy atom. The molecule has 0 saturated heterocycles. The van der Waals surface area contributed by atoms with E-state index in [1.807, 2.05) is 11.3 Å². The fourth-order valence-corrected chi connectivity index (χ4v) is 5.00. The van der Waals surface area contributed by atoms with Gasteiger partial charge in [-0.15, -0.1) is 11.3 Å². The molecule has 1 heterocycles. The lowest BCUT2D eigenvalue weighted by molar-refractivity contribution is 1.39. The lowest BCUT2D eigenvalue weighted by Gasteiger charge is -2.04. The van der Waals surface area contributed by atoms with Crippen LogP contribution in [0.4, 0.5) is 0 Å². The first-order valence-electron chi connectivity index (χ1n) is 7.97. The predicted molar refractivity (Wildman–Crippen MR) is 104 cm³/mol. The summed E-state index contributed by atoms with van der Waals surface area (Å²) in [5.41, 5.74) is 2.79. The summed E-state index contributed by atoms with van der Waals surface area (Å²) < 4.78 is 2.85. The van der Waals surface area contributed by atoms with E-state index in [2.05, 4.69) is 74.5 Å². The molecule has 0 aliphatic carbocycles. The van der Waals surface area contributed by atoms with Crippen LogP contribution in [0.5, 0.6) is 0 Å². The van der Waals surface area contributed by atoms with Crippen LogP contribution in [0.1, 0.15) is 11.1 Å². The van der Waals surface area contributed by atoms with E-state index in [0.717, 1.165) is 0 Å². The lowest BCUT2D eigenvalue weighted by atomic mass is 9.99. The van der Waals surface area contributed by atoms with Gasteiger partial charge in [0.25, 0.3) is 0 Å². The van der Waals surface area contributed by atoms with Gasteiger partial charge in [-0.1, -0.05) is 60.7 Å². The molecule has 0 nitrogen and oxygen atoms in total. The van der Waals surface area contributed by atoms with Crippen molar-refractivity contribution >= 4 is 53.1 Å². The summed E-state index contributed by atoms with van der Waals surface area (Å²) in [6, 6.07) is 22.3. The molecule has 0 saturated carbocycles. The lowest BCUT2D eigenvalue weighted by Crippen LogP contribution is -1.79. The van der Waals surface area contributed by atoms with Gasteiger partial charge in [0.2, 0.25) is 0 Å². The largest absolute Gasteiger partial charge is 0.134 e. The molecule has 110 valence electrons. The smallest absolute Gasteiger partial charge is 0.0434 e. The average Bonchev–Trinajstić information content (AvgIpc) is 2.97. The second kappa shape index (κ2) is 4.56. The van der Waals surface area contributed by atoms with Gasteiger partial charge in [0.05, 0.1) is 0 Å². The predicted octanol–water partition coefficient (Wildman–Crippen LogP) is 6.98. The minimum atomic E-state index is 1.31. The Morgan fingerprint density at radius 2 is 1.22 bits per heavy atom. The summed E-state index contributed by atoms with van der Waals surface area (Å²) in [4.78, 5) is 0. The first kappa shape index (κ1) is 13.1. The Hall–Kier alpha value is -2.38. The van der Waals surface area contributed by atoms with E-state index < -0.39 is 0 Å². The van der Waals surface area contributed by atoms with Gasteiger partial charge in [-0.25, -0.2) is 0 Å². The summed E-state index contributed by atoms with van der Waals surface area (Å²) in [5, 5.41) is 8.17. The van der Waals surface area contributed by atoms with Gasteiger partial charge in [-0.05, 0) is 41.1 Å². The van der Waals surface area contributed by atoms with Gasteiger partial charge >= 0.3 is 0 Å². The molecule has 0 unspecified atom stereocenters. The van der Waals surface area contributed by atoms with Gasteiger partial charge in [-0.2, -0.15) is 0 Å². The number of fused-ring (bicyclic) bond motifs is 7. The highest BCUT2D eigenvalue weighted by Gasteiger charge is 2.12. The standard InChI is InChI=1S/C22H16S/c1-13-7-9-19-20-12-11-17-16-6-4-3-5-15(16)8-10-18(17)22(20)23-21(19)14(13)2/h3-12H,1-2H3. The van der Waals surface area contributed by atoms with Crippen molar-refractivity contribution in [1.29, 1.82) is 0 Å². The van der Waals surface area contributed by atoms with Crippen molar-refractivity contribution in [3.63, 3.8) is 0 Å². The monoisotopic (exact) mass is 312 g/mol. The molecule has 0 fully saturated rings. The maximum Gasteiger partial charge on any atom is 0.0434 e. The Bertz CT molecular complexity index is 1220. The molecular formula is C22H16S. The molecule has 5 rings (SSSR count). The van der Waals surface area contributed by atoms with E-state index in [-0.39, 0.29) is 0 Å². The van der Waals surface area contributed by atoms with Gasteiger partial charge in [0, 0.05) is 25.6 Å². The zero-order valence-electron chi connectivity index (χ0n) is 13.2. The minimum Gasteiger partial charge on any atom is -0.134 e. The number of thiophene rings is 1. The molecule has 0 aliphatic rings.